The molecule has 7 N–H and O–H groups in total. The van der Waals surface area contributed by atoms with E-state index < -0.39 is 0 Å². The van der Waals surface area contributed by atoms with E-state index >= 15 is 0 Å². The van der Waals surface area contributed by atoms with Crippen molar-refractivity contribution in [3.8, 4) is 0 Å². The molecule has 0 fully saturated rings. The quantitative estimate of drug-likeness (QED) is 0.301. The lowest BCUT2D eigenvalue weighted by Gasteiger charge is -2.04. The average molecular weight is 173 g/mol. The molecule has 6 nitrogen and oxygen atoms in total. The molecule has 70 valence electrons. The molecule has 0 aromatic heterocycles. The van der Waals surface area contributed by atoms with Crippen LogP contribution < -0.4 is 17.2 Å². The third kappa shape index (κ3) is 4.51. The Kier molecular flexibility index (Phi) is 4.78. The first-order valence-electron chi connectivity index (χ1n) is 3.63. The van der Waals surface area contributed by atoms with Crippen LogP contribution in [0.4, 0.5) is 0 Å². The third-order valence-corrected chi connectivity index (χ3v) is 1.24. The number of nitrogens with two attached hydrogens (primary N) is 3. The van der Waals surface area contributed by atoms with Gasteiger partial charge in [-0.2, -0.15) is 4.99 Å². The molecule has 0 aliphatic heterocycles. The Balaban J connectivity index is 4.22. The normalized spacial score (nSPS) is 14.0. The molecule has 0 bridgehead atoms. The van der Waals surface area contributed by atoms with Crippen molar-refractivity contribution in [2.75, 3.05) is 6.61 Å². The van der Waals surface area contributed by atoms with Crippen LogP contribution in [0, 0.1) is 0 Å². The van der Waals surface area contributed by atoms with Gasteiger partial charge in [0.25, 0.3) is 0 Å². The fourth-order valence-corrected chi connectivity index (χ4v) is 0.609. The van der Waals surface area contributed by atoms with Gasteiger partial charge in [-0.1, -0.05) is 6.92 Å². The number of hydrogen-bond donors (Lipinski definition) is 4. The van der Waals surface area contributed by atoms with Crippen LogP contribution in [0.1, 0.15) is 13.3 Å². The van der Waals surface area contributed by atoms with Gasteiger partial charge in [-0.05, 0) is 6.42 Å². The van der Waals surface area contributed by atoms with E-state index in [1.54, 1.807) is 0 Å². The number of aliphatic hydroxyl groups is 1. The molecule has 0 aliphatic carbocycles. The summed E-state index contributed by atoms with van der Waals surface area (Å²) in [6.45, 7) is 1.82. The first-order valence-corrected chi connectivity index (χ1v) is 3.63. The molecule has 1 atom stereocenters. The molecular weight excluding hydrogens is 158 g/mol. The highest BCUT2D eigenvalue weighted by Gasteiger charge is 2.01. The van der Waals surface area contributed by atoms with Gasteiger partial charge in [0, 0.05) is 0 Å². The topological polar surface area (TPSA) is 123 Å². The van der Waals surface area contributed by atoms with Gasteiger partial charge in [-0.3, -0.25) is 0 Å². The van der Waals surface area contributed by atoms with E-state index in [-0.39, 0.29) is 24.6 Å². The lowest BCUT2D eigenvalue weighted by molar-refractivity contribution is 0.264. The minimum atomic E-state index is -0.229. The van der Waals surface area contributed by atoms with Crippen LogP contribution in [0.2, 0.25) is 0 Å². The molecule has 0 aromatic rings. The highest BCUT2D eigenvalue weighted by atomic mass is 16.3. The fourth-order valence-electron chi connectivity index (χ4n) is 0.609. The van der Waals surface area contributed by atoms with E-state index in [4.69, 9.17) is 22.3 Å². The molecule has 12 heavy (non-hydrogen) atoms. The maximum absolute atomic E-state index is 8.74. The third-order valence-electron chi connectivity index (χ3n) is 1.24. The minimum absolute atomic E-state index is 0.00380. The summed E-state index contributed by atoms with van der Waals surface area (Å²) in [7, 11) is 0. The molecule has 0 rings (SSSR count). The molecule has 0 radical (unpaired) electrons. The van der Waals surface area contributed by atoms with Crippen molar-refractivity contribution in [2.45, 2.75) is 19.4 Å². The first-order chi connectivity index (χ1) is 5.60. The van der Waals surface area contributed by atoms with Crippen LogP contribution in [0.25, 0.3) is 0 Å². The zero-order valence-corrected chi connectivity index (χ0v) is 7.07. The van der Waals surface area contributed by atoms with Crippen molar-refractivity contribution in [1.29, 1.82) is 0 Å². The Morgan fingerprint density at radius 3 is 2.33 bits per heavy atom. The largest absolute Gasteiger partial charge is 0.394 e. The van der Waals surface area contributed by atoms with Crippen molar-refractivity contribution < 1.29 is 5.11 Å². The van der Waals surface area contributed by atoms with Gasteiger partial charge in [-0.15, -0.1) is 0 Å². The van der Waals surface area contributed by atoms with Gasteiger partial charge < -0.3 is 22.3 Å². The van der Waals surface area contributed by atoms with Crippen molar-refractivity contribution in [3.05, 3.63) is 0 Å². The monoisotopic (exact) mass is 173 g/mol. The molecule has 0 saturated carbocycles. The standard InChI is InChI=1S/C6H15N5O/c1-2-4(3-12)10-6(9)11-5(7)8/h4,12H,2-3H2,1H3,(H6,7,8,9,10,11). The average Bonchev–Trinajstić information content (AvgIpc) is 1.98. The molecule has 0 amide bonds. The van der Waals surface area contributed by atoms with Gasteiger partial charge in [0.2, 0.25) is 5.96 Å². The lowest BCUT2D eigenvalue weighted by Crippen LogP contribution is -2.27. The second-order valence-corrected chi connectivity index (χ2v) is 2.27. The first kappa shape index (κ1) is 10.7. The molecule has 0 spiro atoms. The van der Waals surface area contributed by atoms with Crippen LogP contribution in [0.3, 0.4) is 0 Å². The Bertz CT molecular complexity index is 180. The molecule has 0 aliphatic rings. The Morgan fingerprint density at radius 1 is 1.42 bits per heavy atom. The highest BCUT2D eigenvalue weighted by Crippen LogP contribution is 1.95. The Hall–Kier alpha value is -1.30. The number of nitrogens with zero attached hydrogens (tertiary/aromatic N) is 2. The second kappa shape index (κ2) is 5.36. The van der Waals surface area contributed by atoms with E-state index in [0.29, 0.717) is 6.42 Å². The molecule has 0 aromatic carbocycles. The predicted molar refractivity (Wildman–Crippen MR) is 48.6 cm³/mol. The zero-order chi connectivity index (χ0) is 9.56. The number of aliphatic imine (C=N–C) groups is 2. The number of hydrogen-bond acceptors (Lipinski definition) is 2. The number of aliphatic hydroxyl groups excluding tert-OH is 1. The summed E-state index contributed by atoms with van der Waals surface area (Å²) in [5, 5.41) is 8.74. The van der Waals surface area contributed by atoms with E-state index in [1.807, 2.05) is 6.92 Å². The van der Waals surface area contributed by atoms with Crippen LogP contribution in [-0.4, -0.2) is 29.7 Å². The Morgan fingerprint density at radius 2 is 2.00 bits per heavy atom. The minimum Gasteiger partial charge on any atom is -0.394 e. The summed E-state index contributed by atoms with van der Waals surface area (Å²) in [5.74, 6) is -0.139. The van der Waals surface area contributed by atoms with Crippen LogP contribution >= 0.6 is 0 Å². The molecule has 1 unspecified atom stereocenters. The van der Waals surface area contributed by atoms with Crippen molar-refractivity contribution in [2.24, 2.45) is 27.2 Å². The van der Waals surface area contributed by atoms with E-state index in [2.05, 4.69) is 9.98 Å². The van der Waals surface area contributed by atoms with Crippen molar-refractivity contribution >= 4 is 11.9 Å². The summed E-state index contributed by atoms with van der Waals surface area (Å²) in [6, 6.07) is -0.229. The number of rotatable bonds is 3. The van der Waals surface area contributed by atoms with E-state index in [0.717, 1.165) is 0 Å². The summed E-state index contributed by atoms with van der Waals surface area (Å²) in [6.07, 6.45) is 0.692. The second-order valence-electron chi connectivity index (χ2n) is 2.27. The van der Waals surface area contributed by atoms with Gasteiger partial charge in [0.1, 0.15) is 0 Å². The zero-order valence-electron chi connectivity index (χ0n) is 7.07. The Labute approximate surface area is 71.2 Å². The summed E-state index contributed by atoms with van der Waals surface area (Å²) in [4.78, 5) is 7.35. The van der Waals surface area contributed by atoms with Gasteiger partial charge in [0.15, 0.2) is 5.96 Å². The van der Waals surface area contributed by atoms with Crippen molar-refractivity contribution in [1.82, 2.24) is 0 Å². The maximum Gasteiger partial charge on any atom is 0.218 e. The number of guanidine groups is 2. The summed E-state index contributed by atoms with van der Waals surface area (Å²) < 4.78 is 0. The van der Waals surface area contributed by atoms with Gasteiger partial charge >= 0.3 is 0 Å². The van der Waals surface area contributed by atoms with E-state index in [1.165, 1.54) is 0 Å². The van der Waals surface area contributed by atoms with Gasteiger partial charge in [-0.25, -0.2) is 4.99 Å². The highest BCUT2D eigenvalue weighted by molar-refractivity contribution is 5.92. The smallest absolute Gasteiger partial charge is 0.218 e. The van der Waals surface area contributed by atoms with E-state index in [9.17, 15) is 0 Å². The van der Waals surface area contributed by atoms with Crippen molar-refractivity contribution in [3.63, 3.8) is 0 Å². The molecular formula is C6H15N5O. The van der Waals surface area contributed by atoms with Crippen LogP contribution in [-0.2, 0) is 0 Å². The fraction of sp³-hybridized carbons (Fsp3) is 0.667. The van der Waals surface area contributed by atoms with Gasteiger partial charge in [0.05, 0.1) is 12.6 Å². The van der Waals surface area contributed by atoms with Crippen LogP contribution in [0.15, 0.2) is 9.98 Å². The SMILES string of the molecule is CCC(CO)N=C(N)N=C(N)N. The molecule has 0 saturated heterocycles. The lowest BCUT2D eigenvalue weighted by atomic mass is 10.2. The molecule has 6 heteroatoms. The summed E-state index contributed by atoms with van der Waals surface area (Å²) >= 11 is 0. The predicted octanol–water partition coefficient (Wildman–Crippen LogP) is -1.65. The summed E-state index contributed by atoms with van der Waals surface area (Å²) in [5.41, 5.74) is 15.4. The van der Waals surface area contributed by atoms with Crippen LogP contribution in [0.5, 0.6) is 0 Å². The molecule has 0 heterocycles. The maximum atomic E-state index is 8.74.